The van der Waals surface area contributed by atoms with Crippen molar-refractivity contribution in [1.29, 1.82) is 0 Å². The summed E-state index contributed by atoms with van der Waals surface area (Å²) in [6.07, 6.45) is 3.68. The Morgan fingerprint density at radius 1 is 1.03 bits per heavy atom. The van der Waals surface area contributed by atoms with Crippen LogP contribution in [0.3, 0.4) is 0 Å². The van der Waals surface area contributed by atoms with E-state index in [9.17, 15) is 0 Å². The molecule has 0 amide bonds. The second-order valence-electron chi connectivity index (χ2n) is 6.65. The lowest BCUT2D eigenvalue weighted by molar-refractivity contribution is 0.122. The van der Waals surface area contributed by atoms with Crippen LogP contribution in [0.25, 0.3) is 11.3 Å². The first-order valence-corrected chi connectivity index (χ1v) is 10.6. The fourth-order valence-corrected chi connectivity index (χ4v) is 4.03. The molecule has 3 aromatic rings. The predicted molar refractivity (Wildman–Crippen MR) is 121 cm³/mol. The number of anilines is 1. The molecular formula is C23H24N4OS. The van der Waals surface area contributed by atoms with Crippen molar-refractivity contribution >= 4 is 23.2 Å². The second kappa shape index (κ2) is 9.49. The molecule has 4 rings (SSSR count). The lowest BCUT2D eigenvalue weighted by atomic mass is 10.2. The molecule has 0 bridgehead atoms. The van der Waals surface area contributed by atoms with Crippen LogP contribution < -0.4 is 9.70 Å². The van der Waals surface area contributed by atoms with Crippen molar-refractivity contribution in [3.63, 3.8) is 0 Å². The standard InChI is InChI=1S/C23H24N4OS/c1-2-12-24-23-27(22(18-29-23)20-6-4-3-5-7-20)25-17-19-8-10-21(11-9-19)26-13-15-28-16-14-26/h2-11,17-18H,1,12-16H2. The Balaban J connectivity index is 1.61. The van der Waals surface area contributed by atoms with Crippen molar-refractivity contribution in [2.24, 2.45) is 10.1 Å². The Morgan fingerprint density at radius 3 is 2.52 bits per heavy atom. The van der Waals surface area contributed by atoms with E-state index in [4.69, 9.17) is 9.84 Å². The Labute approximate surface area is 174 Å². The number of benzene rings is 2. The van der Waals surface area contributed by atoms with Gasteiger partial charge in [0.2, 0.25) is 4.80 Å². The van der Waals surface area contributed by atoms with Gasteiger partial charge in [0.05, 0.1) is 31.7 Å². The molecule has 148 valence electrons. The summed E-state index contributed by atoms with van der Waals surface area (Å²) in [6.45, 7) is 7.78. The molecule has 0 atom stereocenters. The number of nitrogens with zero attached hydrogens (tertiary/aromatic N) is 4. The predicted octanol–water partition coefficient (Wildman–Crippen LogP) is 4.02. The summed E-state index contributed by atoms with van der Waals surface area (Å²) in [4.78, 5) is 7.79. The summed E-state index contributed by atoms with van der Waals surface area (Å²) < 4.78 is 7.33. The van der Waals surface area contributed by atoms with Gasteiger partial charge in [-0.15, -0.1) is 17.9 Å². The maximum Gasteiger partial charge on any atom is 0.206 e. The van der Waals surface area contributed by atoms with E-state index in [1.807, 2.05) is 29.1 Å². The second-order valence-corrected chi connectivity index (χ2v) is 7.48. The number of rotatable bonds is 6. The molecule has 0 unspecified atom stereocenters. The number of morpholine rings is 1. The maximum absolute atomic E-state index is 5.43. The lowest BCUT2D eigenvalue weighted by Crippen LogP contribution is -2.36. The van der Waals surface area contributed by atoms with Gasteiger partial charge in [0.25, 0.3) is 0 Å². The molecule has 1 aliphatic rings. The molecule has 29 heavy (non-hydrogen) atoms. The smallest absolute Gasteiger partial charge is 0.206 e. The van der Waals surface area contributed by atoms with Crippen LogP contribution in [0.2, 0.25) is 0 Å². The van der Waals surface area contributed by atoms with Gasteiger partial charge in [-0.05, 0) is 17.7 Å². The van der Waals surface area contributed by atoms with Crippen LogP contribution in [0.1, 0.15) is 5.56 Å². The van der Waals surface area contributed by atoms with E-state index in [1.165, 1.54) is 5.69 Å². The third-order valence-corrected chi connectivity index (χ3v) is 5.56. The van der Waals surface area contributed by atoms with Gasteiger partial charge < -0.3 is 9.64 Å². The summed E-state index contributed by atoms with van der Waals surface area (Å²) in [5, 5.41) is 6.84. The van der Waals surface area contributed by atoms with E-state index in [2.05, 4.69) is 58.2 Å². The first-order valence-electron chi connectivity index (χ1n) is 9.69. The summed E-state index contributed by atoms with van der Waals surface area (Å²) in [7, 11) is 0. The first kappa shape index (κ1) is 19.4. The summed E-state index contributed by atoms with van der Waals surface area (Å²) >= 11 is 1.58. The van der Waals surface area contributed by atoms with Gasteiger partial charge in [0.15, 0.2) is 0 Å². The number of hydrogen-bond donors (Lipinski definition) is 0. The Morgan fingerprint density at radius 2 is 1.79 bits per heavy atom. The Kier molecular flexibility index (Phi) is 6.34. The van der Waals surface area contributed by atoms with E-state index in [1.54, 1.807) is 17.4 Å². The zero-order valence-corrected chi connectivity index (χ0v) is 17.1. The quantitative estimate of drug-likeness (QED) is 0.460. The molecule has 0 saturated carbocycles. The zero-order chi connectivity index (χ0) is 19.9. The van der Waals surface area contributed by atoms with E-state index in [0.29, 0.717) is 6.54 Å². The van der Waals surface area contributed by atoms with E-state index >= 15 is 0 Å². The third kappa shape index (κ3) is 4.72. The molecule has 2 aromatic carbocycles. The Bertz CT molecular complexity index is 1030. The van der Waals surface area contributed by atoms with Gasteiger partial charge in [-0.1, -0.05) is 48.5 Å². The van der Waals surface area contributed by atoms with Gasteiger partial charge in [-0.25, -0.2) is 4.68 Å². The molecule has 1 fully saturated rings. The van der Waals surface area contributed by atoms with Gasteiger partial charge in [-0.3, -0.25) is 4.99 Å². The van der Waals surface area contributed by atoms with Crippen molar-refractivity contribution in [1.82, 2.24) is 4.68 Å². The minimum atomic E-state index is 0.568. The van der Waals surface area contributed by atoms with Gasteiger partial charge in [0, 0.05) is 29.7 Å². The fraction of sp³-hybridized carbons (Fsp3) is 0.217. The summed E-state index contributed by atoms with van der Waals surface area (Å²) in [6, 6.07) is 18.7. The Hall–Kier alpha value is -2.96. The molecule has 0 N–H and O–H groups in total. The molecule has 5 nitrogen and oxygen atoms in total. The van der Waals surface area contributed by atoms with Crippen LogP contribution in [0, 0.1) is 0 Å². The number of ether oxygens (including phenoxy) is 1. The number of aromatic nitrogens is 1. The van der Waals surface area contributed by atoms with Crippen molar-refractivity contribution in [2.45, 2.75) is 0 Å². The molecular weight excluding hydrogens is 380 g/mol. The minimum Gasteiger partial charge on any atom is -0.378 e. The van der Waals surface area contributed by atoms with Crippen molar-refractivity contribution in [3.8, 4) is 11.3 Å². The fourth-order valence-electron chi connectivity index (χ4n) is 3.19. The number of hydrogen-bond acceptors (Lipinski definition) is 5. The minimum absolute atomic E-state index is 0.568. The molecule has 6 heteroatoms. The van der Waals surface area contributed by atoms with E-state index in [0.717, 1.165) is 47.9 Å². The van der Waals surface area contributed by atoms with Crippen LogP contribution in [0.15, 0.2) is 82.7 Å². The zero-order valence-electron chi connectivity index (χ0n) is 16.3. The molecule has 1 saturated heterocycles. The molecule has 1 aliphatic heterocycles. The van der Waals surface area contributed by atoms with Crippen molar-refractivity contribution in [2.75, 3.05) is 37.7 Å². The van der Waals surface area contributed by atoms with Crippen LogP contribution in [-0.2, 0) is 4.74 Å². The first-order chi connectivity index (χ1) is 14.3. The highest BCUT2D eigenvalue weighted by Crippen LogP contribution is 2.20. The summed E-state index contributed by atoms with van der Waals surface area (Å²) in [5.41, 5.74) is 4.41. The van der Waals surface area contributed by atoms with E-state index in [-0.39, 0.29) is 0 Å². The highest BCUT2D eigenvalue weighted by molar-refractivity contribution is 7.07. The lowest BCUT2D eigenvalue weighted by Gasteiger charge is -2.28. The molecule has 0 spiro atoms. The molecule has 1 aromatic heterocycles. The van der Waals surface area contributed by atoms with Gasteiger partial charge in [-0.2, -0.15) is 5.10 Å². The monoisotopic (exact) mass is 404 g/mol. The highest BCUT2D eigenvalue weighted by Gasteiger charge is 2.10. The van der Waals surface area contributed by atoms with Crippen LogP contribution in [0.5, 0.6) is 0 Å². The van der Waals surface area contributed by atoms with Crippen LogP contribution in [-0.4, -0.2) is 43.7 Å². The SMILES string of the molecule is C=CCN=c1scc(-c2ccccc2)n1N=Cc1ccc(N2CCOCC2)cc1. The van der Waals surface area contributed by atoms with Gasteiger partial charge >= 0.3 is 0 Å². The largest absolute Gasteiger partial charge is 0.378 e. The van der Waals surface area contributed by atoms with Gasteiger partial charge in [0.1, 0.15) is 0 Å². The third-order valence-electron chi connectivity index (χ3n) is 4.70. The topological polar surface area (TPSA) is 42.1 Å². The molecule has 0 radical (unpaired) electrons. The molecule has 0 aliphatic carbocycles. The van der Waals surface area contributed by atoms with Crippen molar-refractivity contribution < 1.29 is 4.74 Å². The van der Waals surface area contributed by atoms with Crippen molar-refractivity contribution in [3.05, 3.63) is 83.0 Å². The van der Waals surface area contributed by atoms with E-state index < -0.39 is 0 Å². The van der Waals surface area contributed by atoms with Crippen LogP contribution in [0.4, 0.5) is 5.69 Å². The average Bonchev–Trinajstić information content (AvgIpc) is 3.20. The highest BCUT2D eigenvalue weighted by atomic mass is 32.1. The average molecular weight is 405 g/mol. The molecule has 2 heterocycles. The maximum atomic E-state index is 5.43. The van der Waals surface area contributed by atoms with Crippen LogP contribution >= 0.6 is 11.3 Å². The summed E-state index contributed by atoms with van der Waals surface area (Å²) in [5.74, 6) is 0. The number of thiazole rings is 1. The normalized spacial score (nSPS) is 15.2.